The van der Waals surface area contributed by atoms with E-state index in [9.17, 15) is 19.8 Å². The summed E-state index contributed by atoms with van der Waals surface area (Å²) in [6.07, 6.45) is -9.76. The van der Waals surface area contributed by atoms with Crippen LogP contribution in [0.4, 0.5) is 0 Å². The molecule has 16 heavy (non-hydrogen) atoms. The smallest absolute Gasteiger partial charge is 0.547 e. The molecule has 4 unspecified atom stereocenters. The Balaban J connectivity index is -0.000000845. The summed E-state index contributed by atoms with van der Waals surface area (Å²) < 4.78 is 0. The monoisotopic (exact) mass is 222 g/mol. The fourth-order valence-electron chi connectivity index (χ4n) is 0.652. The average molecular weight is 222 g/mol. The van der Waals surface area contributed by atoms with Gasteiger partial charge in [-0.3, -0.25) is 0 Å². The van der Waals surface area contributed by atoms with Crippen LogP contribution < -0.4 is 47.9 Å². The van der Waals surface area contributed by atoms with Gasteiger partial charge in [-0.1, -0.05) is 0 Å². The van der Waals surface area contributed by atoms with Crippen molar-refractivity contribution in [3.05, 3.63) is 0 Å². The van der Waals surface area contributed by atoms with Crippen LogP contribution in [0, 0.1) is 0 Å². The van der Waals surface area contributed by atoms with Crippen molar-refractivity contribution < 1.29 is 77.9 Å². The molecule has 0 bridgehead atoms. The molecule has 0 aliphatic heterocycles. The molecule has 0 aromatic heterocycles. The van der Waals surface area contributed by atoms with Gasteiger partial charge in [0.25, 0.3) is 0 Å². The first-order valence-corrected chi connectivity index (χ1v) is 3.43. The third kappa shape index (κ3) is 5.90. The van der Waals surface area contributed by atoms with Crippen molar-refractivity contribution in [2.24, 2.45) is 0 Å². The summed E-state index contributed by atoms with van der Waals surface area (Å²) in [6, 6.07) is 0. The normalized spacial score (nSPS) is 17.0. The molecule has 0 saturated heterocycles. The Bertz CT molecular complexity index is 211. The molecule has 0 saturated carbocycles. The molecule has 8 nitrogen and oxygen atoms in total. The van der Waals surface area contributed by atoms with Crippen molar-refractivity contribution in [1.29, 1.82) is 0 Å². The topological polar surface area (TPSA) is 161 Å². The van der Waals surface area contributed by atoms with Crippen LogP contribution in [-0.4, -0.2) is 56.8 Å². The Morgan fingerprint density at radius 1 is 0.750 bits per heavy atom. The first-order chi connectivity index (χ1) is 6.29. The molecule has 0 heterocycles. The summed E-state index contributed by atoms with van der Waals surface area (Å²) in [5.74, 6) is -4.22. The predicted molar refractivity (Wildman–Crippen MR) is 34.0 cm³/mol. The van der Waals surface area contributed by atoms with Gasteiger partial charge in [0.2, 0.25) is 0 Å². The van der Waals surface area contributed by atoms with Crippen LogP contribution in [0.3, 0.4) is 0 Å². The van der Waals surface area contributed by atoms with Crippen molar-refractivity contribution in [2.75, 3.05) is 0 Å². The van der Waals surface area contributed by atoms with Gasteiger partial charge in [0.05, 0.1) is 11.9 Å². The summed E-state index contributed by atoms with van der Waals surface area (Å²) in [5.41, 5.74) is 0. The van der Waals surface area contributed by atoms with Crippen LogP contribution in [-0.2, 0) is 9.59 Å². The zero-order chi connectivity index (χ0) is 11.5. The second-order valence-electron chi connectivity index (χ2n) is 2.51. The minimum absolute atomic E-state index is 0. The van der Waals surface area contributed by atoms with Gasteiger partial charge in [-0.05, 0) is 0 Å². The fraction of sp³-hybridized carbons (Fsp3) is 0.667. The van der Waals surface area contributed by atoms with E-state index in [2.05, 4.69) is 0 Å². The Hall–Kier alpha value is -0.0252. The zero-order valence-electron chi connectivity index (χ0n) is 8.73. The molecule has 4 N–H and O–H groups in total. The molecule has 0 fully saturated rings. The third-order valence-corrected chi connectivity index (χ3v) is 1.48. The standard InChI is InChI=1S/C6H10O8.2Li/c7-1(3(9)5(11)12)2(8)4(10)6(13)14;;/h1-4,7-10H,(H,11,12)(H,13,14);;/q;2*+1/p-2. The summed E-state index contributed by atoms with van der Waals surface area (Å²) in [7, 11) is 0. The van der Waals surface area contributed by atoms with Crippen LogP contribution >= 0.6 is 0 Å². The SMILES string of the molecule is O=C([O-])C(O)C(O)C(O)C(O)C(=O)[O-].[Li+].[Li+]. The average Bonchev–Trinajstić information content (AvgIpc) is 2.12. The minimum Gasteiger partial charge on any atom is -0.547 e. The van der Waals surface area contributed by atoms with Gasteiger partial charge in [0.1, 0.15) is 24.4 Å². The maximum Gasteiger partial charge on any atom is 1.00 e. The van der Waals surface area contributed by atoms with Crippen molar-refractivity contribution >= 4 is 11.9 Å². The Morgan fingerprint density at radius 2 is 0.938 bits per heavy atom. The van der Waals surface area contributed by atoms with E-state index in [0.29, 0.717) is 0 Å². The van der Waals surface area contributed by atoms with Crippen LogP contribution in [0.5, 0.6) is 0 Å². The summed E-state index contributed by atoms with van der Waals surface area (Å²) in [6.45, 7) is 0. The molecule has 4 atom stereocenters. The Morgan fingerprint density at radius 3 is 1.06 bits per heavy atom. The number of carbonyl (C=O) groups excluding carboxylic acids is 2. The third-order valence-electron chi connectivity index (χ3n) is 1.48. The second-order valence-corrected chi connectivity index (χ2v) is 2.51. The van der Waals surface area contributed by atoms with Gasteiger partial charge in [-0.25, -0.2) is 0 Å². The van der Waals surface area contributed by atoms with E-state index < -0.39 is 36.4 Å². The van der Waals surface area contributed by atoms with E-state index in [1.165, 1.54) is 0 Å². The van der Waals surface area contributed by atoms with Crippen molar-refractivity contribution in [1.82, 2.24) is 0 Å². The van der Waals surface area contributed by atoms with Gasteiger partial charge in [0.15, 0.2) is 0 Å². The van der Waals surface area contributed by atoms with E-state index in [4.69, 9.17) is 20.4 Å². The van der Waals surface area contributed by atoms with Gasteiger partial charge in [0, 0.05) is 0 Å². The van der Waals surface area contributed by atoms with E-state index in [0.717, 1.165) is 0 Å². The van der Waals surface area contributed by atoms with Gasteiger partial charge >= 0.3 is 37.7 Å². The molecule has 0 aliphatic rings. The minimum atomic E-state index is -2.50. The molecule has 0 spiro atoms. The van der Waals surface area contributed by atoms with E-state index in [1.54, 1.807) is 0 Å². The van der Waals surface area contributed by atoms with Gasteiger partial charge in [-0.15, -0.1) is 0 Å². The number of hydrogen-bond acceptors (Lipinski definition) is 8. The number of carbonyl (C=O) groups is 2. The van der Waals surface area contributed by atoms with Crippen LogP contribution in [0.15, 0.2) is 0 Å². The van der Waals surface area contributed by atoms with Crippen LogP contribution in [0.1, 0.15) is 0 Å². The van der Waals surface area contributed by atoms with Crippen LogP contribution in [0.2, 0.25) is 0 Å². The van der Waals surface area contributed by atoms with E-state index in [-0.39, 0.29) is 37.7 Å². The zero-order valence-corrected chi connectivity index (χ0v) is 8.73. The van der Waals surface area contributed by atoms with Gasteiger partial charge in [-0.2, -0.15) is 0 Å². The number of hydrogen-bond donors (Lipinski definition) is 4. The molecule has 82 valence electrons. The number of rotatable bonds is 5. The van der Waals surface area contributed by atoms with Crippen molar-refractivity contribution in [3.63, 3.8) is 0 Å². The summed E-state index contributed by atoms with van der Waals surface area (Å²) >= 11 is 0. The first kappa shape index (κ1) is 21.3. The molecule has 0 rings (SSSR count). The molecule has 0 aromatic carbocycles. The van der Waals surface area contributed by atoms with Crippen molar-refractivity contribution in [3.8, 4) is 0 Å². The first-order valence-electron chi connectivity index (χ1n) is 3.43. The molecule has 0 aliphatic carbocycles. The van der Waals surface area contributed by atoms with E-state index >= 15 is 0 Å². The second kappa shape index (κ2) is 9.05. The van der Waals surface area contributed by atoms with Crippen molar-refractivity contribution in [2.45, 2.75) is 24.4 Å². The Labute approximate surface area is 114 Å². The predicted octanol–water partition coefficient (Wildman–Crippen LogP) is -12.1. The number of aliphatic carboxylic acids is 2. The summed E-state index contributed by atoms with van der Waals surface area (Å²) in [4.78, 5) is 19.9. The van der Waals surface area contributed by atoms with Crippen LogP contribution in [0.25, 0.3) is 0 Å². The fourth-order valence-corrected chi connectivity index (χ4v) is 0.652. The van der Waals surface area contributed by atoms with E-state index in [1.807, 2.05) is 0 Å². The number of aliphatic hydroxyl groups excluding tert-OH is 4. The Kier molecular flexibility index (Phi) is 12.0. The number of aliphatic hydroxyl groups is 4. The maximum atomic E-state index is 9.96. The quantitative estimate of drug-likeness (QED) is 0.333. The molecule has 0 radical (unpaired) electrons. The number of carboxylic acids is 2. The molecule has 0 aromatic rings. The summed E-state index contributed by atoms with van der Waals surface area (Å²) in [5, 5.41) is 54.7. The molecule has 0 amide bonds. The largest absolute Gasteiger partial charge is 1.00 e. The number of carboxylic acid groups (broad SMARTS) is 2. The molecular weight excluding hydrogens is 214 g/mol. The molecular formula is C6H8Li2O8. The maximum absolute atomic E-state index is 9.96. The molecule has 10 heteroatoms. The van der Waals surface area contributed by atoms with Gasteiger partial charge < -0.3 is 40.2 Å².